The molecule has 1 N–H and O–H groups in total. The van der Waals surface area contributed by atoms with Crippen LogP contribution in [0.4, 0.5) is 0 Å². The molecule has 4 atom stereocenters. The number of fused-ring (bicyclic) bond motifs is 3. The van der Waals surface area contributed by atoms with E-state index in [-0.39, 0.29) is 24.3 Å². The number of aromatic nitrogens is 4. The zero-order chi connectivity index (χ0) is 22.1. The summed E-state index contributed by atoms with van der Waals surface area (Å²) in [4.78, 5) is 35.5. The Bertz CT molecular complexity index is 1160. The number of imidazole rings is 1. The number of hydrogen-bond acceptors (Lipinski definition) is 8. The number of hydrogen-bond donors (Lipinski definition) is 1. The summed E-state index contributed by atoms with van der Waals surface area (Å²) in [5.74, 6) is -0.441. The Hall–Kier alpha value is -3.08. The third-order valence-corrected chi connectivity index (χ3v) is 5.87. The Morgan fingerprint density at radius 3 is 2.97 bits per heavy atom. The lowest BCUT2D eigenvalue weighted by Gasteiger charge is -2.31. The zero-order valence-corrected chi connectivity index (χ0v) is 17.6. The maximum Gasteiger partial charge on any atom is 0.338 e. The summed E-state index contributed by atoms with van der Waals surface area (Å²) in [5, 5.41) is 0. The molecule has 2 aliphatic heterocycles. The van der Waals surface area contributed by atoms with Crippen LogP contribution < -0.4 is 5.56 Å². The Balaban J connectivity index is 1.41. The molecule has 0 aliphatic carbocycles. The molecule has 2 fully saturated rings. The molecule has 32 heavy (non-hydrogen) atoms. The molecule has 2 aliphatic rings. The summed E-state index contributed by atoms with van der Waals surface area (Å²) < 4.78 is 25.9. The molecule has 0 saturated carbocycles. The monoisotopic (exact) mass is 440 g/mol. The fourth-order valence-corrected chi connectivity index (χ4v) is 4.22. The molecule has 2 bridgehead atoms. The van der Waals surface area contributed by atoms with Gasteiger partial charge in [0.1, 0.15) is 18.8 Å². The number of nitrogens with zero attached hydrogens (tertiary/aromatic N) is 3. The number of ether oxygens (including phenoxy) is 4. The first-order valence-corrected chi connectivity index (χ1v) is 10.7. The summed E-state index contributed by atoms with van der Waals surface area (Å²) in [5.41, 5.74) is -0.238. The molecule has 1 aromatic carbocycles. The molecule has 5 rings (SSSR count). The van der Waals surface area contributed by atoms with Crippen LogP contribution in [-0.2, 0) is 18.9 Å². The summed E-state index contributed by atoms with van der Waals surface area (Å²) in [7, 11) is 0. The van der Waals surface area contributed by atoms with Crippen LogP contribution >= 0.6 is 0 Å². The number of benzene rings is 1. The van der Waals surface area contributed by atoms with Gasteiger partial charge in [0.2, 0.25) is 0 Å². The second-order valence-electron chi connectivity index (χ2n) is 7.99. The van der Waals surface area contributed by atoms with Gasteiger partial charge in [-0.2, -0.15) is 0 Å². The van der Waals surface area contributed by atoms with Crippen molar-refractivity contribution in [2.24, 2.45) is 0 Å². The van der Waals surface area contributed by atoms with Crippen LogP contribution in [0.3, 0.4) is 0 Å². The van der Waals surface area contributed by atoms with Crippen LogP contribution in [0, 0.1) is 0 Å². The van der Waals surface area contributed by atoms with Gasteiger partial charge in [0.25, 0.3) is 5.56 Å². The molecule has 0 spiro atoms. The molecule has 0 amide bonds. The molecular formula is C22H24N4O6. The molecule has 2 unspecified atom stereocenters. The first-order chi connectivity index (χ1) is 15.6. The van der Waals surface area contributed by atoms with Crippen molar-refractivity contribution >= 4 is 17.1 Å². The maximum absolute atomic E-state index is 12.5. The van der Waals surface area contributed by atoms with Gasteiger partial charge in [0, 0.05) is 6.61 Å². The van der Waals surface area contributed by atoms with E-state index in [1.165, 1.54) is 12.7 Å². The first kappa shape index (κ1) is 20.8. The molecule has 10 heteroatoms. The van der Waals surface area contributed by atoms with E-state index >= 15 is 0 Å². The molecule has 0 radical (unpaired) electrons. The number of carbonyl (C=O) groups excluding carboxylic acids is 1. The number of H-pyrrole nitrogens is 1. The highest BCUT2D eigenvalue weighted by Gasteiger charge is 2.64. The average molecular weight is 440 g/mol. The predicted octanol–water partition coefficient (Wildman–Crippen LogP) is 1.83. The van der Waals surface area contributed by atoms with Crippen molar-refractivity contribution in [1.82, 2.24) is 19.5 Å². The van der Waals surface area contributed by atoms with Gasteiger partial charge in [-0.05, 0) is 18.6 Å². The minimum absolute atomic E-state index is 0.0227. The number of esters is 1. The summed E-state index contributed by atoms with van der Waals surface area (Å²) >= 11 is 0. The SMILES string of the molecule is CCCCOC1C2OC[C@]1(COC(=O)c1ccccc1)O[C@H]2n1cnc2c(=O)[nH]cnc21. The Morgan fingerprint density at radius 1 is 1.31 bits per heavy atom. The molecule has 3 aromatic rings. The van der Waals surface area contributed by atoms with Crippen LogP contribution in [0.2, 0.25) is 0 Å². The van der Waals surface area contributed by atoms with Crippen LogP contribution in [0.1, 0.15) is 36.4 Å². The number of carbonyl (C=O) groups is 1. The van der Waals surface area contributed by atoms with Crippen LogP contribution in [0.5, 0.6) is 0 Å². The van der Waals surface area contributed by atoms with Crippen LogP contribution in [0.15, 0.2) is 47.8 Å². The molecular weight excluding hydrogens is 416 g/mol. The van der Waals surface area contributed by atoms with Crippen molar-refractivity contribution in [2.75, 3.05) is 19.8 Å². The van der Waals surface area contributed by atoms with E-state index in [0.29, 0.717) is 17.8 Å². The number of aromatic amines is 1. The summed E-state index contributed by atoms with van der Waals surface area (Å²) in [6, 6.07) is 8.79. The topological polar surface area (TPSA) is 118 Å². The normalized spacial score (nSPS) is 26.6. The first-order valence-electron chi connectivity index (χ1n) is 10.7. The van der Waals surface area contributed by atoms with Crippen molar-refractivity contribution in [1.29, 1.82) is 0 Å². The van der Waals surface area contributed by atoms with Gasteiger partial charge in [-0.25, -0.2) is 14.8 Å². The Morgan fingerprint density at radius 2 is 2.16 bits per heavy atom. The van der Waals surface area contributed by atoms with E-state index in [1.54, 1.807) is 28.8 Å². The summed E-state index contributed by atoms with van der Waals surface area (Å²) in [6.45, 7) is 2.83. The Labute approximate surface area is 183 Å². The quantitative estimate of drug-likeness (QED) is 0.416. The van der Waals surface area contributed by atoms with E-state index in [4.69, 9.17) is 18.9 Å². The Kier molecular flexibility index (Phi) is 5.50. The molecule has 168 valence electrons. The lowest BCUT2D eigenvalue weighted by Crippen LogP contribution is -2.47. The fraction of sp³-hybridized carbons (Fsp3) is 0.455. The van der Waals surface area contributed by atoms with Crippen molar-refractivity contribution in [2.45, 2.75) is 43.8 Å². The van der Waals surface area contributed by atoms with E-state index in [1.807, 2.05) is 6.07 Å². The van der Waals surface area contributed by atoms with Gasteiger partial charge in [-0.15, -0.1) is 0 Å². The largest absolute Gasteiger partial charge is 0.459 e. The minimum Gasteiger partial charge on any atom is -0.459 e. The summed E-state index contributed by atoms with van der Waals surface area (Å²) in [6.07, 6.45) is 3.18. The number of nitrogens with one attached hydrogen (secondary N) is 1. The molecule has 2 aromatic heterocycles. The predicted molar refractivity (Wildman–Crippen MR) is 112 cm³/mol. The lowest BCUT2D eigenvalue weighted by molar-refractivity contribution is -0.187. The highest BCUT2D eigenvalue weighted by molar-refractivity contribution is 5.89. The van der Waals surface area contributed by atoms with Crippen molar-refractivity contribution in [3.63, 3.8) is 0 Å². The van der Waals surface area contributed by atoms with Crippen molar-refractivity contribution < 1.29 is 23.7 Å². The molecule has 4 heterocycles. The van der Waals surface area contributed by atoms with Crippen molar-refractivity contribution in [3.05, 3.63) is 58.9 Å². The lowest BCUT2D eigenvalue weighted by atomic mass is 10.00. The van der Waals surface area contributed by atoms with Gasteiger partial charge in [-0.1, -0.05) is 31.5 Å². The molecule has 10 nitrogen and oxygen atoms in total. The smallest absolute Gasteiger partial charge is 0.338 e. The number of unbranched alkanes of at least 4 members (excludes halogenated alkanes) is 1. The fourth-order valence-electron chi connectivity index (χ4n) is 4.22. The van der Waals surface area contributed by atoms with E-state index in [0.717, 1.165) is 12.8 Å². The van der Waals surface area contributed by atoms with E-state index < -0.39 is 30.0 Å². The highest BCUT2D eigenvalue weighted by Crippen LogP contribution is 2.47. The minimum atomic E-state index is -0.967. The van der Waals surface area contributed by atoms with Gasteiger partial charge in [0.05, 0.1) is 24.8 Å². The molecule has 2 saturated heterocycles. The van der Waals surface area contributed by atoms with Gasteiger partial charge < -0.3 is 23.9 Å². The third-order valence-electron chi connectivity index (χ3n) is 5.87. The highest BCUT2D eigenvalue weighted by atomic mass is 16.7. The van der Waals surface area contributed by atoms with Gasteiger partial charge >= 0.3 is 5.97 Å². The zero-order valence-electron chi connectivity index (χ0n) is 17.6. The van der Waals surface area contributed by atoms with Gasteiger partial charge in [0.15, 0.2) is 23.0 Å². The second kappa shape index (κ2) is 8.45. The number of rotatable bonds is 8. The van der Waals surface area contributed by atoms with Crippen LogP contribution in [-0.4, -0.2) is 63.1 Å². The van der Waals surface area contributed by atoms with E-state index in [2.05, 4.69) is 21.9 Å². The van der Waals surface area contributed by atoms with Crippen LogP contribution in [0.25, 0.3) is 11.2 Å². The van der Waals surface area contributed by atoms with Gasteiger partial charge in [-0.3, -0.25) is 9.36 Å². The second-order valence-corrected chi connectivity index (χ2v) is 7.99. The third kappa shape index (κ3) is 3.50. The van der Waals surface area contributed by atoms with E-state index in [9.17, 15) is 9.59 Å². The van der Waals surface area contributed by atoms with Crippen molar-refractivity contribution in [3.8, 4) is 0 Å². The maximum atomic E-state index is 12.5. The average Bonchev–Trinajstić information content (AvgIpc) is 3.49. The standard InChI is InChI=1S/C22H24N4O6/c1-2-3-9-29-17-16-20(26-13-25-15-18(26)23-12-24-19(15)27)32-22(17,10-30-16)11-31-21(28)14-7-5-4-6-8-14/h4-8,12-13,16-17,20H,2-3,9-11H2,1H3,(H,23,24,27)/t16?,17?,20-,22-/m1/s1.